The number of nitrogens with zero attached hydrogens (tertiary/aromatic N) is 1. The van der Waals surface area contributed by atoms with Gasteiger partial charge in [0.05, 0.1) is 5.75 Å². The van der Waals surface area contributed by atoms with Crippen LogP contribution in [0, 0.1) is 6.92 Å². The Morgan fingerprint density at radius 1 is 0.906 bits per heavy atom. The zero-order chi connectivity index (χ0) is 22.1. The zero-order valence-electron chi connectivity index (χ0n) is 17.6. The molecule has 0 unspecified atom stereocenters. The molecule has 158 valence electrons. The number of carbonyl (C=O) groups excluding carboxylic acids is 2. The highest BCUT2D eigenvalue weighted by Gasteiger charge is 2.33. The first-order valence-electron chi connectivity index (χ1n) is 10.5. The van der Waals surface area contributed by atoms with Gasteiger partial charge in [0.1, 0.15) is 5.37 Å². The van der Waals surface area contributed by atoms with E-state index in [1.165, 1.54) is 0 Å². The first-order valence-corrected chi connectivity index (χ1v) is 11.5. The van der Waals surface area contributed by atoms with Gasteiger partial charge in [-0.25, -0.2) is 0 Å². The summed E-state index contributed by atoms with van der Waals surface area (Å²) in [6, 6.07) is 29.4. The maximum absolute atomic E-state index is 12.9. The number of fused-ring (bicyclic) bond motifs is 1. The summed E-state index contributed by atoms with van der Waals surface area (Å²) >= 11 is 1.62. The number of hydrogen-bond acceptors (Lipinski definition) is 3. The van der Waals surface area contributed by atoms with Crippen molar-refractivity contribution in [2.45, 2.75) is 12.3 Å². The normalized spacial score (nSPS) is 15.8. The lowest BCUT2D eigenvalue weighted by Crippen LogP contribution is -2.27. The summed E-state index contributed by atoms with van der Waals surface area (Å²) < 4.78 is 0. The van der Waals surface area contributed by atoms with Gasteiger partial charge in [0.15, 0.2) is 0 Å². The van der Waals surface area contributed by atoms with E-state index in [4.69, 9.17) is 0 Å². The smallest absolute Gasteiger partial charge is 0.256 e. The van der Waals surface area contributed by atoms with Gasteiger partial charge < -0.3 is 5.32 Å². The van der Waals surface area contributed by atoms with Gasteiger partial charge in [-0.1, -0.05) is 66.2 Å². The molecule has 0 radical (unpaired) electrons. The summed E-state index contributed by atoms with van der Waals surface area (Å²) in [7, 11) is 0. The predicted molar refractivity (Wildman–Crippen MR) is 132 cm³/mol. The predicted octanol–water partition coefficient (Wildman–Crippen LogP) is 6.18. The molecule has 5 heteroatoms. The Hall–Kier alpha value is -3.57. The van der Waals surface area contributed by atoms with E-state index in [0.717, 1.165) is 33.3 Å². The number of rotatable bonds is 4. The highest BCUT2D eigenvalue weighted by Crippen LogP contribution is 2.42. The number of amides is 2. The first kappa shape index (κ1) is 20.3. The van der Waals surface area contributed by atoms with Crippen LogP contribution in [-0.4, -0.2) is 17.6 Å². The Morgan fingerprint density at radius 3 is 2.41 bits per heavy atom. The highest BCUT2D eigenvalue weighted by atomic mass is 32.2. The SMILES string of the molecule is Cc1ccc(N2C(=O)CS[C@H]2c2ccc(NC(=O)c3cccc4ccccc34)cc2)cc1. The molecule has 2 amide bonds. The van der Waals surface area contributed by atoms with Crippen LogP contribution in [-0.2, 0) is 4.79 Å². The maximum Gasteiger partial charge on any atom is 0.256 e. The van der Waals surface area contributed by atoms with Gasteiger partial charge in [-0.15, -0.1) is 11.8 Å². The van der Waals surface area contributed by atoms with E-state index in [1.54, 1.807) is 11.8 Å². The van der Waals surface area contributed by atoms with Gasteiger partial charge in [0.25, 0.3) is 5.91 Å². The monoisotopic (exact) mass is 438 g/mol. The number of anilines is 2. The van der Waals surface area contributed by atoms with Gasteiger partial charge in [-0.05, 0) is 53.6 Å². The molecular weight excluding hydrogens is 416 g/mol. The van der Waals surface area contributed by atoms with E-state index in [0.29, 0.717) is 11.3 Å². The Labute approximate surface area is 191 Å². The second-order valence-corrected chi connectivity index (χ2v) is 8.93. The van der Waals surface area contributed by atoms with Crippen molar-refractivity contribution in [2.75, 3.05) is 16.0 Å². The molecule has 1 atom stereocenters. The molecule has 0 aliphatic carbocycles. The minimum atomic E-state index is -0.138. The number of aryl methyl sites for hydroxylation is 1. The number of carbonyl (C=O) groups is 2. The molecule has 0 aromatic heterocycles. The van der Waals surface area contributed by atoms with Crippen LogP contribution in [0.25, 0.3) is 10.8 Å². The van der Waals surface area contributed by atoms with Crippen molar-refractivity contribution < 1.29 is 9.59 Å². The summed E-state index contributed by atoms with van der Waals surface area (Å²) in [5, 5.41) is 4.89. The number of nitrogens with one attached hydrogen (secondary N) is 1. The number of hydrogen-bond donors (Lipinski definition) is 1. The van der Waals surface area contributed by atoms with Crippen molar-refractivity contribution in [3.8, 4) is 0 Å². The maximum atomic E-state index is 12.9. The lowest BCUT2D eigenvalue weighted by Gasteiger charge is -2.24. The molecule has 4 aromatic carbocycles. The average Bonchev–Trinajstić information content (AvgIpc) is 3.21. The standard InChI is InChI=1S/C27H22N2O2S/c1-18-9-15-22(16-10-18)29-25(30)17-32-27(29)20-11-13-21(14-12-20)28-26(31)24-8-4-6-19-5-2-3-7-23(19)24/h2-16,27H,17H2,1H3,(H,28,31)/t27-/m0/s1. The molecule has 1 saturated heterocycles. The molecule has 1 aliphatic heterocycles. The first-order chi connectivity index (χ1) is 15.6. The van der Waals surface area contributed by atoms with Gasteiger partial charge in [0.2, 0.25) is 5.91 Å². The van der Waals surface area contributed by atoms with Crippen LogP contribution in [0.15, 0.2) is 91.0 Å². The van der Waals surface area contributed by atoms with Crippen LogP contribution >= 0.6 is 11.8 Å². The van der Waals surface area contributed by atoms with Gasteiger partial charge in [-0.2, -0.15) is 0 Å². The summed E-state index contributed by atoms with van der Waals surface area (Å²) in [5.74, 6) is 0.427. The second-order valence-electron chi connectivity index (χ2n) is 7.87. The molecule has 1 heterocycles. The van der Waals surface area contributed by atoms with E-state index in [-0.39, 0.29) is 17.2 Å². The third-order valence-corrected chi connectivity index (χ3v) is 6.88. The van der Waals surface area contributed by atoms with Crippen molar-refractivity contribution in [1.82, 2.24) is 0 Å². The third-order valence-electron chi connectivity index (χ3n) is 5.67. The van der Waals surface area contributed by atoms with Gasteiger partial charge in [-0.3, -0.25) is 14.5 Å². The van der Waals surface area contributed by atoms with Crippen molar-refractivity contribution in [1.29, 1.82) is 0 Å². The summed E-state index contributed by atoms with van der Waals surface area (Å²) in [6.07, 6.45) is 0. The van der Waals surface area contributed by atoms with Crippen molar-refractivity contribution in [2.24, 2.45) is 0 Å². The number of benzene rings is 4. The van der Waals surface area contributed by atoms with Crippen LogP contribution in [0.1, 0.15) is 26.9 Å². The van der Waals surface area contributed by atoms with E-state index >= 15 is 0 Å². The number of thioether (sulfide) groups is 1. The van der Waals surface area contributed by atoms with E-state index < -0.39 is 0 Å². The average molecular weight is 439 g/mol. The second kappa shape index (κ2) is 8.52. The molecule has 4 aromatic rings. The van der Waals surface area contributed by atoms with E-state index in [2.05, 4.69) is 5.32 Å². The minimum Gasteiger partial charge on any atom is -0.322 e. The fourth-order valence-corrected chi connectivity index (χ4v) is 5.19. The molecule has 5 rings (SSSR count). The van der Waals surface area contributed by atoms with Crippen LogP contribution in [0.2, 0.25) is 0 Å². The van der Waals surface area contributed by atoms with Gasteiger partial charge >= 0.3 is 0 Å². The Morgan fingerprint density at radius 2 is 1.62 bits per heavy atom. The molecule has 32 heavy (non-hydrogen) atoms. The Balaban J connectivity index is 1.36. The summed E-state index contributed by atoms with van der Waals surface area (Å²) in [6.45, 7) is 2.03. The lowest BCUT2D eigenvalue weighted by molar-refractivity contribution is -0.115. The quantitative estimate of drug-likeness (QED) is 0.414. The lowest BCUT2D eigenvalue weighted by atomic mass is 10.0. The molecule has 0 spiro atoms. The molecule has 0 saturated carbocycles. The minimum absolute atomic E-state index is 0.0759. The van der Waals surface area contributed by atoms with Crippen LogP contribution in [0.5, 0.6) is 0 Å². The zero-order valence-corrected chi connectivity index (χ0v) is 18.4. The summed E-state index contributed by atoms with van der Waals surface area (Å²) in [5.41, 5.74) is 4.47. The molecule has 1 aliphatic rings. The largest absolute Gasteiger partial charge is 0.322 e. The topological polar surface area (TPSA) is 49.4 Å². The molecule has 1 N–H and O–H groups in total. The van der Waals surface area contributed by atoms with Crippen molar-refractivity contribution in [3.63, 3.8) is 0 Å². The van der Waals surface area contributed by atoms with Crippen molar-refractivity contribution >= 4 is 45.7 Å². The van der Waals surface area contributed by atoms with Crippen LogP contribution in [0.4, 0.5) is 11.4 Å². The Kier molecular flexibility index (Phi) is 5.41. The molecular formula is C27H22N2O2S. The van der Waals surface area contributed by atoms with Crippen LogP contribution in [0.3, 0.4) is 0 Å². The van der Waals surface area contributed by atoms with Crippen LogP contribution < -0.4 is 10.2 Å². The Bertz CT molecular complexity index is 1290. The molecule has 0 bridgehead atoms. The molecule has 1 fully saturated rings. The van der Waals surface area contributed by atoms with Crippen molar-refractivity contribution in [3.05, 3.63) is 108 Å². The van der Waals surface area contributed by atoms with E-state index in [9.17, 15) is 9.59 Å². The molecule has 4 nitrogen and oxygen atoms in total. The van der Waals surface area contributed by atoms with E-state index in [1.807, 2.05) is 103 Å². The third kappa shape index (κ3) is 3.87. The fraction of sp³-hybridized carbons (Fsp3) is 0.111. The highest BCUT2D eigenvalue weighted by molar-refractivity contribution is 8.00. The summed E-state index contributed by atoms with van der Waals surface area (Å²) in [4.78, 5) is 27.3. The van der Waals surface area contributed by atoms with Gasteiger partial charge in [0, 0.05) is 16.9 Å². The fourth-order valence-electron chi connectivity index (χ4n) is 4.01.